The fourth-order valence-corrected chi connectivity index (χ4v) is 7.79. The standard InChI is InChI=1S/C29H42N6O7/c1-27(2,3)42-19(36)14-34-25(40)32(4)24(39)29(34)15-28(16-29)11-9-18(10-12-28)35-23(38)20(21(30)31)22(37)33(26(35)41)13-17-7-5-6-8-17/h17-18H,5-16,30-31H2,1-4H3. The minimum Gasteiger partial charge on any atom is -0.459 e. The van der Waals surface area contributed by atoms with Crippen LogP contribution >= 0.6 is 0 Å². The number of imide groups is 3. The zero-order valence-corrected chi connectivity index (χ0v) is 24.9. The summed E-state index contributed by atoms with van der Waals surface area (Å²) in [6, 6.07) is -1.61. The number of esters is 1. The Kier molecular flexibility index (Phi) is 7.29. The van der Waals surface area contributed by atoms with Crippen molar-refractivity contribution in [3.8, 4) is 0 Å². The molecule has 0 aromatic heterocycles. The molecule has 230 valence electrons. The minimum absolute atomic E-state index is 0.183. The van der Waals surface area contributed by atoms with Gasteiger partial charge in [-0.15, -0.1) is 0 Å². The minimum atomic E-state index is -1.11. The molecule has 0 unspecified atom stereocenters. The third kappa shape index (κ3) is 4.90. The van der Waals surface area contributed by atoms with Gasteiger partial charge < -0.3 is 16.2 Å². The molecule has 2 heterocycles. The van der Waals surface area contributed by atoms with Gasteiger partial charge in [0.1, 0.15) is 29.1 Å². The predicted octanol–water partition coefficient (Wildman–Crippen LogP) is 1.79. The summed E-state index contributed by atoms with van der Waals surface area (Å²) in [6.45, 7) is 5.13. The lowest BCUT2D eigenvalue weighted by Crippen LogP contribution is -2.66. The summed E-state index contributed by atoms with van der Waals surface area (Å²) in [6.07, 6.45) is 6.84. The molecule has 0 aromatic rings. The highest BCUT2D eigenvalue weighted by Crippen LogP contribution is 2.61. The summed E-state index contributed by atoms with van der Waals surface area (Å²) in [5, 5.41) is 0. The number of nitrogens with two attached hydrogens (primary N) is 2. The van der Waals surface area contributed by atoms with Crippen LogP contribution in [0.2, 0.25) is 0 Å². The zero-order chi connectivity index (χ0) is 30.8. The molecule has 13 heteroatoms. The first-order chi connectivity index (χ1) is 19.6. The quantitative estimate of drug-likeness (QED) is 0.210. The van der Waals surface area contributed by atoms with Gasteiger partial charge in [-0.3, -0.25) is 38.8 Å². The van der Waals surface area contributed by atoms with Crippen LogP contribution in [-0.4, -0.2) is 92.7 Å². The summed E-state index contributed by atoms with van der Waals surface area (Å²) in [4.78, 5) is 83.6. The van der Waals surface area contributed by atoms with E-state index in [1.807, 2.05) is 0 Å². The van der Waals surface area contributed by atoms with Crippen molar-refractivity contribution in [3.63, 3.8) is 0 Å². The van der Waals surface area contributed by atoms with Gasteiger partial charge in [0.2, 0.25) is 0 Å². The Balaban J connectivity index is 1.29. The average Bonchev–Trinajstić information content (AvgIpc) is 3.45. The zero-order valence-electron chi connectivity index (χ0n) is 24.9. The number of rotatable bonds is 5. The number of amides is 7. The van der Waals surface area contributed by atoms with Crippen molar-refractivity contribution < 1.29 is 33.5 Å². The second kappa shape index (κ2) is 10.3. The molecule has 2 saturated heterocycles. The van der Waals surface area contributed by atoms with Crippen LogP contribution in [0.1, 0.15) is 85.0 Å². The number of carbonyl (C=O) groups excluding carboxylic acids is 6. The van der Waals surface area contributed by atoms with Crippen molar-refractivity contribution in [1.82, 2.24) is 19.6 Å². The topological polar surface area (TPSA) is 177 Å². The summed E-state index contributed by atoms with van der Waals surface area (Å²) < 4.78 is 5.42. The molecule has 5 rings (SSSR count). The molecule has 5 aliphatic rings. The number of hydrogen-bond donors (Lipinski definition) is 2. The molecule has 2 spiro atoms. The van der Waals surface area contributed by atoms with E-state index < -0.39 is 52.8 Å². The molecule has 3 aliphatic carbocycles. The van der Waals surface area contributed by atoms with Crippen molar-refractivity contribution in [2.24, 2.45) is 22.8 Å². The number of hydrogen-bond acceptors (Lipinski definition) is 9. The maximum atomic E-state index is 13.6. The first-order valence-corrected chi connectivity index (χ1v) is 14.9. The SMILES string of the molecule is CN1C(=O)N(CC(=O)OC(C)(C)C)C2(CC3(CCC(N4C(=O)C(=C(N)N)C(=O)N(CC5CCCC5)C4=O)CC3)C2)C1=O. The van der Waals surface area contributed by atoms with E-state index >= 15 is 0 Å². The van der Waals surface area contributed by atoms with Crippen LogP contribution in [0.25, 0.3) is 0 Å². The largest absolute Gasteiger partial charge is 0.459 e. The molecular weight excluding hydrogens is 544 g/mol. The van der Waals surface area contributed by atoms with E-state index in [9.17, 15) is 28.8 Å². The van der Waals surface area contributed by atoms with Crippen molar-refractivity contribution in [2.45, 2.75) is 102 Å². The van der Waals surface area contributed by atoms with E-state index in [2.05, 4.69) is 0 Å². The van der Waals surface area contributed by atoms with Crippen molar-refractivity contribution >= 4 is 35.8 Å². The highest BCUT2D eigenvalue weighted by molar-refractivity contribution is 6.29. The lowest BCUT2D eigenvalue weighted by molar-refractivity contribution is -0.162. The third-order valence-corrected chi connectivity index (χ3v) is 9.69. The number of ether oxygens (including phenoxy) is 1. The molecule has 0 atom stereocenters. The van der Waals surface area contributed by atoms with Crippen molar-refractivity contribution in [3.05, 3.63) is 11.4 Å². The van der Waals surface area contributed by atoms with Crippen molar-refractivity contribution in [2.75, 3.05) is 20.1 Å². The lowest BCUT2D eigenvalue weighted by atomic mass is 9.51. The number of urea groups is 2. The van der Waals surface area contributed by atoms with Crippen LogP contribution in [0.3, 0.4) is 0 Å². The van der Waals surface area contributed by atoms with Gasteiger partial charge in [0.05, 0.1) is 0 Å². The van der Waals surface area contributed by atoms with Crippen LogP contribution in [0.15, 0.2) is 11.4 Å². The second-order valence-corrected chi connectivity index (χ2v) is 13.8. The molecule has 2 aliphatic heterocycles. The number of barbiturate groups is 1. The van der Waals surface area contributed by atoms with Gasteiger partial charge in [-0.05, 0) is 83.5 Å². The summed E-state index contributed by atoms with van der Waals surface area (Å²) >= 11 is 0. The smallest absolute Gasteiger partial charge is 0.334 e. The highest BCUT2D eigenvalue weighted by atomic mass is 16.6. The van der Waals surface area contributed by atoms with E-state index in [1.165, 1.54) is 11.9 Å². The Morgan fingerprint density at radius 1 is 0.929 bits per heavy atom. The highest BCUT2D eigenvalue weighted by Gasteiger charge is 2.68. The Labute approximate surface area is 245 Å². The molecule has 13 nitrogen and oxygen atoms in total. The first-order valence-electron chi connectivity index (χ1n) is 14.9. The third-order valence-electron chi connectivity index (χ3n) is 9.69. The van der Waals surface area contributed by atoms with E-state index in [1.54, 1.807) is 20.8 Å². The molecular formula is C29H42N6O7. The van der Waals surface area contributed by atoms with E-state index in [0.29, 0.717) is 38.5 Å². The van der Waals surface area contributed by atoms with E-state index in [0.717, 1.165) is 40.4 Å². The average molecular weight is 587 g/mol. The molecule has 4 N–H and O–H groups in total. The van der Waals surface area contributed by atoms with Gasteiger partial charge in [0.15, 0.2) is 0 Å². The number of nitrogens with zero attached hydrogens (tertiary/aromatic N) is 4. The van der Waals surface area contributed by atoms with Crippen molar-refractivity contribution in [1.29, 1.82) is 0 Å². The maximum Gasteiger partial charge on any atom is 0.334 e. The van der Waals surface area contributed by atoms with Gasteiger partial charge in [-0.25, -0.2) is 9.59 Å². The summed E-state index contributed by atoms with van der Waals surface area (Å²) in [5.41, 5.74) is 9.05. The Bertz CT molecular complexity index is 1240. The van der Waals surface area contributed by atoms with Gasteiger partial charge >= 0.3 is 18.0 Å². The number of carbonyl (C=O) groups is 6. The van der Waals surface area contributed by atoms with E-state index in [4.69, 9.17) is 16.2 Å². The van der Waals surface area contributed by atoms with Crippen LogP contribution in [0.4, 0.5) is 9.59 Å². The molecule has 0 radical (unpaired) electrons. The second-order valence-electron chi connectivity index (χ2n) is 13.8. The summed E-state index contributed by atoms with van der Waals surface area (Å²) in [7, 11) is 1.42. The molecule has 7 amide bonds. The first kappa shape index (κ1) is 29.8. The fourth-order valence-electron chi connectivity index (χ4n) is 7.79. The lowest BCUT2D eigenvalue weighted by Gasteiger charge is -2.58. The predicted molar refractivity (Wildman–Crippen MR) is 149 cm³/mol. The fraction of sp³-hybridized carbons (Fsp3) is 0.724. The molecule has 3 saturated carbocycles. The van der Waals surface area contributed by atoms with E-state index in [-0.39, 0.29) is 35.9 Å². The Morgan fingerprint density at radius 3 is 2.07 bits per heavy atom. The van der Waals surface area contributed by atoms with Crippen LogP contribution in [0.5, 0.6) is 0 Å². The van der Waals surface area contributed by atoms with Gasteiger partial charge in [-0.1, -0.05) is 12.8 Å². The number of likely N-dealkylation sites (N-methyl/N-ethyl adjacent to an activating group) is 1. The van der Waals surface area contributed by atoms with Crippen LogP contribution < -0.4 is 11.5 Å². The summed E-state index contributed by atoms with van der Waals surface area (Å²) in [5.74, 6) is -2.63. The maximum absolute atomic E-state index is 13.6. The molecule has 0 bridgehead atoms. The monoisotopic (exact) mass is 586 g/mol. The molecule has 0 aromatic carbocycles. The van der Waals surface area contributed by atoms with Crippen LogP contribution in [0, 0.1) is 11.3 Å². The molecule has 5 fully saturated rings. The van der Waals surface area contributed by atoms with Gasteiger partial charge in [0.25, 0.3) is 17.7 Å². The Hall–Kier alpha value is -3.64. The normalized spacial score (nSPS) is 30.7. The van der Waals surface area contributed by atoms with Gasteiger partial charge in [-0.2, -0.15) is 0 Å². The van der Waals surface area contributed by atoms with Crippen LogP contribution in [-0.2, 0) is 23.9 Å². The Morgan fingerprint density at radius 2 is 1.52 bits per heavy atom. The molecule has 42 heavy (non-hydrogen) atoms. The van der Waals surface area contributed by atoms with Gasteiger partial charge in [0, 0.05) is 19.6 Å².